The van der Waals surface area contributed by atoms with Gasteiger partial charge >= 0.3 is 0 Å². The molecule has 5 aliphatic carbocycles. The van der Waals surface area contributed by atoms with E-state index in [4.69, 9.17) is 0 Å². The van der Waals surface area contributed by atoms with Crippen molar-refractivity contribution < 1.29 is 10.2 Å². The lowest BCUT2D eigenvalue weighted by Crippen LogP contribution is -2.64. The topological polar surface area (TPSA) is 40.5 Å². The monoisotopic (exact) mass is 264 g/mol. The Morgan fingerprint density at radius 2 is 1.58 bits per heavy atom. The van der Waals surface area contributed by atoms with Gasteiger partial charge in [-0.05, 0) is 76.0 Å². The molecule has 0 aromatic heterocycles. The van der Waals surface area contributed by atoms with Gasteiger partial charge < -0.3 is 10.2 Å². The van der Waals surface area contributed by atoms with Crippen molar-refractivity contribution >= 4 is 0 Å². The molecule has 0 spiro atoms. The molecule has 5 aliphatic rings. The number of aliphatic hydroxyl groups is 2. The lowest BCUT2D eigenvalue weighted by atomic mass is 9.43. The zero-order valence-electron chi connectivity index (χ0n) is 12.2. The summed E-state index contributed by atoms with van der Waals surface area (Å²) < 4.78 is 0. The molecule has 0 saturated heterocycles. The largest absolute Gasteiger partial charge is 0.390 e. The molecule has 5 fully saturated rings. The first kappa shape index (κ1) is 12.6. The fourth-order valence-electron chi connectivity index (χ4n) is 6.73. The quantitative estimate of drug-likeness (QED) is 0.803. The normalized spacial score (nSPS) is 52.6. The second kappa shape index (κ2) is 3.76. The zero-order valence-corrected chi connectivity index (χ0v) is 12.2. The van der Waals surface area contributed by atoms with Crippen molar-refractivity contribution in [3.8, 4) is 0 Å². The Morgan fingerprint density at radius 3 is 2.11 bits per heavy atom. The minimum Gasteiger partial charge on any atom is -0.390 e. The lowest BCUT2D eigenvalue weighted by molar-refractivity contribution is -0.238. The maximum atomic E-state index is 11.4. The van der Waals surface area contributed by atoms with Crippen LogP contribution >= 0.6 is 0 Å². The minimum atomic E-state index is -0.546. The van der Waals surface area contributed by atoms with Crippen LogP contribution in [0.3, 0.4) is 0 Å². The van der Waals surface area contributed by atoms with Crippen LogP contribution in [0.4, 0.5) is 0 Å². The van der Waals surface area contributed by atoms with E-state index in [-0.39, 0.29) is 5.41 Å². The van der Waals surface area contributed by atoms with Gasteiger partial charge in [0.05, 0.1) is 11.2 Å². The van der Waals surface area contributed by atoms with Crippen LogP contribution in [-0.4, -0.2) is 21.4 Å². The average Bonchev–Trinajstić information content (AvgIpc) is 2.78. The lowest BCUT2D eigenvalue weighted by Gasteiger charge is -2.65. The second-order valence-electron chi connectivity index (χ2n) is 8.59. The van der Waals surface area contributed by atoms with Gasteiger partial charge in [0.25, 0.3) is 0 Å². The Hall–Kier alpha value is -0.0800. The van der Waals surface area contributed by atoms with E-state index in [1.54, 1.807) is 0 Å². The predicted octanol–water partition coefficient (Wildman–Crippen LogP) is 3.26. The molecule has 0 aliphatic heterocycles. The highest BCUT2D eigenvalue weighted by molar-refractivity contribution is 5.15. The van der Waals surface area contributed by atoms with E-state index in [1.165, 1.54) is 44.9 Å². The zero-order chi connectivity index (χ0) is 13.3. The summed E-state index contributed by atoms with van der Waals surface area (Å²) in [6.07, 6.45) is 11.5. The third-order valence-electron chi connectivity index (χ3n) is 7.25. The molecule has 5 rings (SSSR count). The van der Waals surface area contributed by atoms with Crippen molar-refractivity contribution in [3.05, 3.63) is 0 Å². The van der Waals surface area contributed by atoms with Gasteiger partial charge in [-0.25, -0.2) is 0 Å². The van der Waals surface area contributed by atoms with Crippen molar-refractivity contribution in [1.82, 2.24) is 0 Å². The Balaban J connectivity index is 1.69. The summed E-state index contributed by atoms with van der Waals surface area (Å²) in [4.78, 5) is 0. The van der Waals surface area contributed by atoms with Crippen LogP contribution in [0.1, 0.15) is 71.1 Å². The number of hydrogen-bond acceptors (Lipinski definition) is 2. The molecule has 0 heterocycles. The molecule has 0 aromatic carbocycles. The molecular weight excluding hydrogens is 236 g/mol. The Morgan fingerprint density at radius 1 is 1.00 bits per heavy atom. The van der Waals surface area contributed by atoms with Crippen molar-refractivity contribution in [3.63, 3.8) is 0 Å². The second-order valence-corrected chi connectivity index (χ2v) is 8.59. The van der Waals surface area contributed by atoms with E-state index in [1.807, 2.05) is 0 Å². The highest BCUT2D eigenvalue weighted by Crippen LogP contribution is 2.66. The maximum Gasteiger partial charge on any atom is 0.0704 e. The fraction of sp³-hybridized carbons (Fsp3) is 1.00. The van der Waals surface area contributed by atoms with Gasteiger partial charge in [0.1, 0.15) is 0 Å². The molecule has 4 bridgehead atoms. The van der Waals surface area contributed by atoms with Gasteiger partial charge in [-0.3, -0.25) is 0 Å². The Bertz CT molecular complexity index is 367. The molecule has 2 nitrogen and oxygen atoms in total. The van der Waals surface area contributed by atoms with Gasteiger partial charge in [0.15, 0.2) is 0 Å². The molecule has 3 unspecified atom stereocenters. The SMILES string of the molecule is CC(O)(C1CCCC1)C12CC3CC(CC(O)(C3)C1)C2. The summed E-state index contributed by atoms with van der Waals surface area (Å²) in [5.74, 6) is 1.84. The van der Waals surface area contributed by atoms with Crippen molar-refractivity contribution in [2.45, 2.75) is 82.3 Å². The molecule has 19 heavy (non-hydrogen) atoms. The smallest absolute Gasteiger partial charge is 0.0704 e. The van der Waals surface area contributed by atoms with Crippen LogP contribution < -0.4 is 0 Å². The first-order valence-corrected chi connectivity index (χ1v) is 8.37. The van der Waals surface area contributed by atoms with E-state index in [0.29, 0.717) is 17.8 Å². The third kappa shape index (κ3) is 1.68. The van der Waals surface area contributed by atoms with Crippen LogP contribution in [0.25, 0.3) is 0 Å². The van der Waals surface area contributed by atoms with Crippen LogP contribution in [0.2, 0.25) is 0 Å². The van der Waals surface area contributed by atoms with Crippen LogP contribution in [0.15, 0.2) is 0 Å². The Labute approximate surface area is 116 Å². The van der Waals surface area contributed by atoms with Crippen molar-refractivity contribution in [1.29, 1.82) is 0 Å². The van der Waals surface area contributed by atoms with Gasteiger partial charge in [-0.2, -0.15) is 0 Å². The van der Waals surface area contributed by atoms with Gasteiger partial charge in [-0.1, -0.05) is 12.8 Å². The Kier molecular flexibility index (Phi) is 2.50. The van der Waals surface area contributed by atoms with E-state index >= 15 is 0 Å². The molecular formula is C17H28O2. The summed E-state index contributed by atoms with van der Waals surface area (Å²) in [7, 11) is 0. The molecule has 3 atom stereocenters. The van der Waals surface area contributed by atoms with Gasteiger partial charge in [-0.15, -0.1) is 0 Å². The van der Waals surface area contributed by atoms with Crippen LogP contribution in [0, 0.1) is 23.2 Å². The third-order valence-corrected chi connectivity index (χ3v) is 7.25. The molecule has 108 valence electrons. The first-order valence-electron chi connectivity index (χ1n) is 8.37. The fourth-order valence-corrected chi connectivity index (χ4v) is 6.73. The van der Waals surface area contributed by atoms with E-state index in [9.17, 15) is 10.2 Å². The van der Waals surface area contributed by atoms with Crippen molar-refractivity contribution in [2.75, 3.05) is 0 Å². The predicted molar refractivity (Wildman–Crippen MR) is 74.6 cm³/mol. The van der Waals surface area contributed by atoms with Crippen molar-refractivity contribution in [2.24, 2.45) is 23.2 Å². The van der Waals surface area contributed by atoms with E-state index in [2.05, 4.69) is 6.92 Å². The molecule has 0 radical (unpaired) electrons. The summed E-state index contributed by atoms with van der Waals surface area (Å²) in [6, 6.07) is 0. The number of rotatable bonds is 2. The summed E-state index contributed by atoms with van der Waals surface area (Å²) >= 11 is 0. The first-order chi connectivity index (χ1) is 8.93. The summed E-state index contributed by atoms with van der Waals surface area (Å²) in [5.41, 5.74) is -0.956. The maximum absolute atomic E-state index is 11.4. The highest BCUT2D eigenvalue weighted by Gasteiger charge is 2.64. The molecule has 2 N–H and O–H groups in total. The standard InChI is InChI=1S/C17H28O2/c1-15(18,14-4-2-3-5-14)16-7-12-6-13(8-16)10-17(19,9-12)11-16/h12-14,18-19H,2-11H2,1H3. The highest BCUT2D eigenvalue weighted by atomic mass is 16.3. The minimum absolute atomic E-state index is 0.0286. The molecule has 5 saturated carbocycles. The summed E-state index contributed by atoms with van der Waals surface area (Å²) in [5, 5.41) is 22.2. The molecule has 0 amide bonds. The van der Waals surface area contributed by atoms with Gasteiger partial charge in [0.2, 0.25) is 0 Å². The van der Waals surface area contributed by atoms with Crippen LogP contribution in [0.5, 0.6) is 0 Å². The average molecular weight is 264 g/mol. The van der Waals surface area contributed by atoms with Crippen LogP contribution in [-0.2, 0) is 0 Å². The van der Waals surface area contributed by atoms with E-state index < -0.39 is 11.2 Å². The summed E-state index contributed by atoms with van der Waals surface area (Å²) in [6.45, 7) is 2.11. The van der Waals surface area contributed by atoms with E-state index in [0.717, 1.165) is 19.3 Å². The molecule has 0 aromatic rings. The number of hydrogen-bond donors (Lipinski definition) is 2. The molecule has 2 heteroatoms. The van der Waals surface area contributed by atoms with Gasteiger partial charge in [0, 0.05) is 5.41 Å².